The van der Waals surface area contributed by atoms with Gasteiger partial charge in [-0.15, -0.1) is 0 Å². The Balaban J connectivity index is 2.03. The molecule has 2 N–H and O–H groups in total. The first-order valence-corrected chi connectivity index (χ1v) is 8.54. The predicted molar refractivity (Wildman–Crippen MR) is 89.9 cm³/mol. The number of halogens is 1. The van der Waals surface area contributed by atoms with Gasteiger partial charge in [0.1, 0.15) is 0 Å². The molecule has 1 fully saturated rings. The van der Waals surface area contributed by atoms with Crippen LogP contribution in [0.4, 0.5) is 0 Å². The predicted octanol–water partition coefficient (Wildman–Crippen LogP) is 3.97. The highest BCUT2D eigenvalue weighted by Gasteiger charge is 2.33. The Kier molecular flexibility index (Phi) is 5.65. The van der Waals surface area contributed by atoms with Crippen LogP contribution in [-0.4, -0.2) is 29.6 Å². The van der Waals surface area contributed by atoms with E-state index in [9.17, 15) is 0 Å². The summed E-state index contributed by atoms with van der Waals surface area (Å²) in [6, 6.07) is 8.66. The SMILES string of the molecule is CC(C)(C(N)Cc1cccc(Br)c1)N1CCCCCC1. The zero-order valence-electron chi connectivity index (χ0n) is 12.7. The van der Waals surface area contributed by atoms with Gasteiger partial charge in [0.05, 0.1) is 0 Å². The monoisotopic (exact) mass is 338 g/mol. The molecule has 1 aliphatic rings. The Morgan fingerprint density at radius 3 is 2.45 bits per heavy atom. The van der Waals surface area contributed by atoms with Crippen molar-refractivity contribution in [3.8, 4) is 0 Å². The molecule has 0 spiro atoms. The van der Waals surface area contributed by atoms with E-state index in [1.54, 1.807) is 0 Å². The molecule has 0 saturated carbocycles. The van der Waals surface area contributed by atoms with Crippen molar-refractivity contribution in [3.63, 3.8) is 0 Å². The lowest BCUT2D eigenvalue weighted by Gasteiger charge is -2.42. The largest absolute Gasteiger partial charge is 0.326 e. The van der Waals surface area contributed by atoms with E-state index < -0.39 is 0 Å². The van der Waals surface area contributed by atoms with Gasteiger partial charge in [-0.1, -0.05) is 40.9 Å². The van der Waals surface area contributed by atoms with Crippen molar-refractivity contribution in [2.24, 2.45) is 5.73 Å². The normalized spacial score (nSPS) is 19.6. The molecule has 0 aromatic heterocycles. The smallest absolute Gasteiger partial charge is 0.0307 e. The van der Waals surface area contributed by atoms with Crippen molar-refractivity contribution in [3.05, 3.63) is 34.3 Å². The first kappa shape index (κ1) is 16.0. The summed E-state index contributed by atoms with van der Waals surface area (Å²) in [4.78, 5) is 2.60. The standard InChI is InChI=1S/C17H27BrN2/c1-17(2,20-10-5-3-4-6-11-20)16(19)13-14-8-7-9-15(18)12-14/h7-9,12,16H,3-6,10-11,13,19H2,1-2H3. The Hall–Kier alpha value is -0.380. The van der Waals surface area contributed by atoms with Gasteiger partial charge in [0.2, 0.25) is 0 Å². The maximum Gasteiger partial charge on any atom is 0.0307 e. The quantitative estimate of drug-likeness (QED) is 0.899. The highest BCUT2D eigenvalue weighted by Crippen LogP contribution is 2.25. The molecule has 0 radical (unpaired) electrons. The zero-order valence-corrected chi connectivity index (χ0v) is 14.3. The third kappa shape index (κ3) is 4.06. The van der Waals surface area contributed by atoms with E-state index in [1.807, 2.05) is 0 Å². The number of rotatable bonds is 4. The van der Waals surface area contributed by atoms with E-state index in [2.05, 4.69) is 58.9 Å². The molecule has 1 heterocycles. The minimum Gasteiger partial charge on any atom is -0.326 e. The maximum absolute atomic E-state index is 6.56. The Labute approximate surface area is 131 Å². The maximum atomic E-state index is 6.56. The van der Waals surface area contributed by atoms with Gasteiger partial charge in [-0.3, -0.25) is 4.90 Å². The van der Waals surface area contributed by atoms with Crippen LogP contribution < -0.4 is 5.73 Å². The van der Waals surface area contributed by atoms with Gasteiger partial charge in [0.15, 0.2) is 0 Å². The van der Waals surface area contributed by atoms with E-state index in [4.69, 9.17) is 5.73 Å². The van der Waals surface area contributed by atoms with Crippen LogP contribution in [0.3, 0.4) is 0 Å². The molecule has 1 aromatic carbocycles. The highest BCUT2D eigenvalue weighted by atomic mass is 79.9. The number of likely N-dealkylation sites (tertiary alicyclic amines) is 1. The molecule has 2 rings (SSSR count). The topological polar surface area (TPSA) is 29.3 Å². The lowest BCUT2D eigenvalue weighted by atomic mass is 9.88. The molecule has 2 nitrogen and oxygen atoms in total. The summed E-state index contributed by atoms with van der Waals surface area (Å²) in [6.45, 7) is 7.00. The Morgan fingerprint density at radius 1 is 1.20 bits per heavy atom. The lowest BCUT2D eigenvalue weighted by Crippen LogP contribution is -2.57. The number of nitrogens with zero attached hydrogens (tertiary/aromatic N) is 1. The molecule has 3 heteroatoms. The fourth-order valence-electron chi connectivity index (χ4n) is 3.05. The average Bonchev–Trinajstić information content (AvgIpc) is 2.67. The zero-order chi connectivity index (χ0) is 14.6. The molecule has 1 atom stereocenters. The second kappa shape index (κ2) is 7.06. The van der Waals surface area contributed by atoms with Crippen molar-refractivity contribution >= 4 is 15.9 Å². The second-order valence-corrected chi connectivity index (χ2v) is 7.41. The van der Waals surface area contributed by atoms with Crippen molar-refractivity contribution in [2.45, 2.75) is 57.5 Å². The number of nitrogens with two attached hydrogens (primary N) is 1. The Bertz CT molecular complexity index is 423. The van der Waals surface area contributed by atoms with Gasteiger partial charge in [0.25, 0.3) is 0 Å². The van der Waals surface area contributed by atoms with Gasteiger partial charge in [-0.25, -0.2) is 0 Å². The fraction of sp³-hybridized carbons (Fsp3) is 0.647. The van der Waals surface area contributed by atoms with E-state index in [-0.39, 0.29) is 11.6 Å². The average molecular weight is 339 g/mol. The van der Waals surface area contributed by atoms with Gasteiger partial charge in [0, 0.05) is 16.1 Å². The number of hydrogen-bond donors (Lipinski definition) is 1. The molecular formula is C17H27BrN2. The molecule has 0 aliphatic carbocycles. The van der Waals surface area contributed by atoms with Gasteiger partial charge < -0.3 is 5.73 Å². The van der Waals surface area contributed by atoms with Crippen LogP contribution in [0.25, 0.3) is 0 Å². The summed E-state index contributed by atoms with van der Waals surface area (Å²) < 4.78 is 1.13. The first-order valence-electron chi connectivity index (χ1n) is 7.75. The first-order chi connectivity index (χ1) is 9.50. The minimum atomic E-state index is 0.0622. The van der Waals surface area contributed by atoms with Gasteiger partial charge >= 0.3 is 0 Å². The number of hydrogen-bond acceptors (Lipinski definition) is 2. The molecule has 20 heavy (non-hydrogen) atoms. The van der Waals surface area contributed by atoms with Crippen molar-refractivity contribution < 1.29 is 0 Å². The third-order valence-corrected chi connectivity index (χ3v) is 5.17. The van der Waals surface area contributed by atoms with Crippen LogP contribution in [-0.2, 0) is 6.42 Å². The van der Waals surface area contributed by atoms with E-state index in [0.717, 1.165) is 10.9 Å². The number of benzene rings is 1. The van der Waals surface area contributed by atoms with Crippen LogP contribution in [0.5, 0.6) is 0 Å². The minimum absolute atomic E-state index is 0.0622. The van der Waals surface area contributed by atoms with Crippen LogP contribution in [0, 0.1) is 0 Å². The summed E-state index contributed by atoms with van der Waals surface area (Å²) in [7, 11) is 0. The van der Waals surface area contributed by atoms with E-state index in [0.29, 0.717) is 0 Å². The summed E-state index contributed by atoms with van der Waals surface area (Å²) in [5.74, 6) is 0. The molecule has 0 amide bonds. The lowest BCUT2D eigenvalue weighted by molar-refractivity contribution is 0.0979. The fourth-order valence-corrected chi connectivity index (χ4v) is 3.50. The molecule has 1 unspecified atom stereocenters. The Morgan fingerprint density at radius 2 is 1.85 bits per heavy atom. The van der Waals surface area contributed by atoms with Crippen molar-refractivity contribution in [1.82, 2.24) is 4.90 Å². The van der Waals surface area contributed by atoms with Crippen LogP contribution >= 0.6 is 15.9 Å². The van der Waals surface area contributed by atoms with Crippen LogP contribution in [0.1, 0.15) is 45.1 Å². The summed E-state index contributed by atoms with van der Waals surface area (Å²) >= 11 is 3.54. The van der Waals surface area contributed by atoms with Crippen LogP contribution in [0.15, 0.2) is 28.7 Å². The summed E-state index contributed by atoms with van der Waals surface area (Å²) in [6.07, 6.45) is 6.30. The van der Waals surface area contributed by atoms with Gasteiger partial charge in [-0.05, 0) is 63.9 Å². The van der Waals surface area contributed by atoms with Gasteiger partial charge in [-0.2, -0.15) is 0 Å². The molecular weight excluding hydrogens is 312 g/mol. The molecule has 1 aromatic rings. The molecule has 112 valence electrons. The second-order valence-electron chi connectivity index (χ2n) is 6.50. The molecule has 1 saturated heterocycles. The van der Waals surface area contributed by atoms with Crippen molar-refractivity contribution in [1.29, 1.82) is 0 Å². The van der Waals surface area contributed by atoms with E-state index >= 15 is 0 Å². The van der Waals surface area contributed by atoms with Crippen molar-refractivity contribution in [2.75, 3.05) is 13.1 Å². The molecule has 0 bridgehead atoms. The summed E-state index contributed by atoms with van der Waals surface area (Å²) in [5, 5.41) is 0. The van der Waals surface area contributed by atoms with Crippen LogP contribution in [0.2, 0.25) is 0 Å². The highest BCUT2D eigenvalue weighted by molar-refractivity contribution is 9.10. The molecule has 1 aliphatic heterocycles. The third-order valence-electron chi connectivity index (χ3n) is 4.67. The summed E-state index contributed by atoms with van der Waals surface area (Å²) in [5.41, 5.74) is 7.94. The van der Waals surface area contributed by atoms with E-state index in [1.165, 1.54) is 44.3 Å².